The molecule has 0 aromatic carbocycles. The Balaban J connectivity index is 2.27. The summed E-state index contributed by atoms with van der Waals surface area (Å²) in [5.41, 5.74) is 6.23. The second-order valence-corrected chi connectivity index (χ2v) is 4.66. The number of nitrogens with zero attached hydrogens (tertiary/aromatic N) is 2. The van der Waals surface area contributed by atoms with Crippen LogP contribution < -0.4 is 10.6 Å². The first-order valence-corrected chi connectivity index (χ1v) is 5.65. The van der Waals surface area contributed by atoms with Crippen LogP contribution in [0.2, 0.25) is 0 Å². The number of pyridine rings is 1. The van der Waals surface area contributed by atoms with Crippen LogP contribution in [0.1, 0.15) is 25.8 Å². The highest BCUT2D eigenvalue weighted by Gasteiger charge is 2.27. The lowest BCUT2D eigenvalue weighted by Gasteiger charge is -2.22. The van der Waals surface area contributed by atoms with Crippen LogP contribution in [0.15, 0.2) is 18.3 Å². The number of anilines is 1. The average Bonchev–Trinajstić information content (AvgIpc) is 2.58. The Morgan fingerprint density at radius 1 is 1.56 bits per heavy atom. The molecule has 2 rings (SSSR count). The molecule has 2 atom stereocenters. The molecule has 86 valence electrons. The second-order valence-electron chi connectivity index (χ2n) is 4.66. The van der Waals surface area contributed by atoms with Crippen LogP contribution in [0, 0.1) is 11.3 Å². The van der Waals surface area contributed by atoms with Crippen LogP contribution in [0.25, 0.3) is 0 Å². The van der Waals surface area contributed by atoms with E-state index in [1.165, 1.54) is 6.42 Å². The zero-order chi connectivity index (χ0) is 11.7. The third-order valence-electron chi connectivity index (χ3n) is 3.13. The molecule has 1 aromatic rings. The maximum absolute atomic E-state index is 7.42. The van der Waals surface area contributed by atoms with Gasteiger partial charge in [-0.15, -0.1) is 0 Å². The van der Waals surface area contributed by atoms with Crippen LogP contribution in [-0.4, -0.2) is 23.4 Å². The largest absolute Gasteiger partial charge is 0.384 e. The van der Waals surface area contributed by atoms with Gasteiger partial charge in [0.2, 0.25) is 0 Å². The summed E-state index contributed by atoms with van der Waals surface area (Å²) in [4.78, 5) is 6.65. The maximum Gasteiger partial charge on any atom is 0.129 e. The minimum atomic E-state index is 0.101. The van der Waals surface area contributed by atoms with E-state index in [0.717, 1.165) is 17.9 Å². The molecule has 1 fully saturated rings. The molecule has 0 bridgehead atoms. The van der Waals surface area contributed by atoms with Gasteiger partial charge in [-0.3, -0.25) is 5.41 Å². The first kappa shape index (κ1) is 10.9. The van der Waals surface area contributed by atoms with Crippen LogP contribution in [0.4, 0.5) is 5.82 Å². The van der Waals surface area contributed by atoms with Gasteiger partial charge in [0.05, 0.1) is 0 Å². The van der Waals surface area contributed by atoms with Crippen LogP contribution in [-0.2, 0) is 0 Å². The van der Waals surface area contributed by atoms with Crippen molar-refractivity contribution in [3.8, 4) is 0 Å². The quantitative estimate of drug-likeness (QED) is 0.585. The Morgan fingerprint density at radius 3 is 2.88 bits per heavy atom. The molecule has 2 heterocycles. The van der Waals surface area contributed by atoms with Crippen molar-refractivity contribution in [2.75, 3.05) is 11.4 Å². The fourth-order valence-electron chi connectivity index (χ4n) is 2.36. The van der Waals surface area contributed by atoms with Crippen LogP contribution in [0.3, 0.4) is 0 Å². The van der Waals surface area contributed by atoms with Gasteiger partial charge in [-0.2, -0.15) is 0 Å². The van der Waals surface area contributed by atoms with Gasteiger partial charge in [-0.1, -0.05) is 6.92 Å². The lowest BCUT2D eigenvalue weighted by atomic mass is 10.1. The Kier molecular flexibility index (Phi) is 2.81. The third-order valence-corrected chi connectivity index (χ3v) is 3.13. The van der Waals surface area contributed by atoms with E-state index >= 15 is 0 Å². The number of nitrogens with two attached hydrogens (primary N) is 1. The molecule has 1 saturated heterocycles. The molecule has 2 unspecified atom stereocenters. The number of hydrogen-bond donors (Lipinski definition) is 2. The van der Waals surface area contributed by atoms with E-state index in [1.54, 1.807) is 12.3 Å². The molecule has 16 heavy (non-hydrogen) atoms. The maximum atomic E-state index is 7.42. The smallest absolute Gasteiger partial charge is 0.129 e. The van der Waals surface area contributed by atoms with Gasteiger partial charge < -0.3 is 10.6 Å². The average molecular weight is 218 g/mol. The fourth-order valence-corrected chi connectivity index (χ4v) is 2.36. The van der Waals surface area contributed by atoms with Crippen molar-refractivity contribution in [3.63, 3.8) is 0 Å². The van der Waals surface area contributed by atoms with E-state index in [0.29, 0.717) is 12.0 Å². The van der Waals surface area contributed by atoms with Crippen molar-refractivity contribution in [2.45, 2.75) is 26.3 Å². The molecule has 0 spiro atoms. The van der Waals surface area contributed by atoms with Gasteiger partial charge >= 0.3 is 0 Å². The molecule has 4 nitrogen and oxygen atoms in total. The zero-order valence-corrected chi connectivity index (χ0v) is 9.77. The normalized spacial score (nSPS) is 24.8. The number of nitrogens with one attached hydrogen (secondary N) is 1. The zero-order valence-electron chi connectivity index (χ0n) is 9.77. The van der Waals surface area contributed by atoms with E-state index in [1.807, 2.05) is 6.07 Å². The third kappa shape index (κ3) is 2.01. The summed E-state index contributed by atoms with van der Waals surface area (Å²) in [6.45, 7) is 5.51. The molecule has 0 radical (unpaired) electrons. The summed E-state index contributed by atoms with van der Waals surface area (Å²) in [6, 6.07) is 4.19. The number of amidine groups is 1. The van der Waals surface area contributed by atoms with E-state index < -0.39 is 0 Å². The molecule has 3 N–H and O–H groups in total. The molecule has 1 aliphatic heterocycles. The van der Waals surface area contributed by atoms with E-state index in [9.17, 15) is 0 Å². The Hall–Kier alpha value is -1.58. The second kappa shape index (κ2) is 4.12. The van der Waals surface area contributed by atoms with Gasteiger partial charge in [0.15, 0.2) is 0 Å². The molecule has 1 aromatic heterocycles. The molecule has 0 amide bonds. The number of nitrogen functional groups attached to an aromatic ring is 1. The Morgan fingerprint density at radius 2 is 2.31 bits per heavy atom. The van der Waals surface area contributed by atoms with Gasteiger partial charge in [0, 0.05) is 24.3 Å². The predicted molar refractivity (Wildman–Crippen MR) is 65.8 cm³/mol. The molecule has 0 saturated carbocycles. The Labute approximate surface area is 96.0 Å². The predicted octanol–water partition coefficient (Wildman–Crippen LogP) is 1.60. The summed E-state index contributed by atoms with van der Waals surface area (Å²) < 4.78 is 0. The SMILES string of the molecule is CC1CC(C)N(c2cc(C(=N)N)ccn2)C1. The topological polar surface area (TPSA) is 66.0 Å². The van der Waals surface area contributed by atoms with Crippen molar-refractivity contribution in [3.05, 3.63) is 23.9 Å². The summed E-state index contributed by atoms with van der Waals surface area (Å²) >= 11 is 0. The first-order valence-electron chi connectivity index (χ1n) is 5.65. The van der Waals surface area contributed by atoms with Crippen molar-refractivity contribution >= 4 is 11.7 Å². The summed E-state index contributed by atoms with van der Waals surface area (Å²) in [5, 5.41) is 7.42. The minimum Gasteiger partial charge on any atom is -0.384 e. The van der Waals surface area contributed by atoms with Crippen molar-refractivity contribution in [1.82, 2.24) is 4.98 Å². The van der Waals surface area contributed by atoms with E-state index in [4.69, 9.17) is 11.1 Å². The van der Waals surface area contributed by atoms with Gasteiger partial charge in [-0.25, -0.2) is 4.98 Å². The lowest BCUT2D eigenvalue weighted by Crippen LogP contribution is -2.28. The van der Waals surface area contributed by atoms with Crippen LogP contribution >= 0.6 is 0 Å². The van der Waals surface area contributed by atoms with Crippen molar-refractivity contribution in [2.24, 2.45) is 11.7 Å². The van der Waals surface area contributed by atoms with E-state index in [2.05, 4.69) is 23.7 Å². The highest BCUT2D eigenvalue weighted by Crippen LogP contribution is 2.27. The number of rotatable bonds is 2. The summed E-state index contributed by atoms with van der Waals surface area (Å²) in [6.07, 6.45) is 2.92. The van der Waals surface area contributed by atoms with Crippen molar-refractivity contribution < 1.29 is 0 Å². The molecule has 4 heteroatoms. The van der Waals surface area contributed by atoms with E-state index in [-0.39, 0.29) is 5.84 Å². The number of hydrogen-bond acceptors (Lipinski definition) is 3. The summed E-state index contributed by atoms with van der Waals surface area (Å²) in [7, 11) is 0. The molecular formula is C12H18N4. The standard InChI is InChI=1S/C12H18N4/c1-8-5-9(2)16(7-8)11-6-10(12(13)14)3-4-15-11/h3-4,6,8-9H,5,7H2,1-2H3,(H3,13,14). The molecular weight excluding hydrogens is 200 g/mol. The Bertz CT molecular complexity index is 402. The van der Waals surface area contributed by atoms with Crippen molar-refractivity contribution in [1.29, 1.82) is 5.41 Å². The fraction of sp³-hybridized carbons (Fsp3) is 0.500. The molecule has 1 aliphatic rings. The first-order chi connectivity index (χ1) is 7.58. The van der Waals surface area contributed by atoms with Gasteiger partial charge in [0.25, 0.3) is 0 Å². The lowest BCUT2D eigenvalue weighted by molar-refractivity contribution is 0.625. The molecule has 0 aliphatic carbocycles. The highest BCUT2D eigenvalue weighted by molar-refractivity contribution is 5.95. The van der Waals surface area contributed by atoms with Gasteiger partial charge in [-0.05, 0) is 31.4 Å². The van der Waals surface area contributed by atoms with Gasteiger partial charge in [0.1, 0.15) is 11.7 Å². The monoisotopic (exact) mass is 218 g/mol. The minimum absolute atomic E-state index is 0.101. The van der Waals surface area contributed by atoms with Crippen LogP contribution in [0.5, 0.6) is 0 Å². The summed E-state index contributed by atoms with van der Waals surface area (Å²) in [5.74, 6) is 1.74. The highest BCUT2D eigenvalue weighted by atomic mass is 15.2. The number of aromatic nitrogens is 1.